The molecule has 0 amide bonds. The van der Waals surface area contributed by atoms with Gasteiger partial charge in [-0.3, -0.25) is 24.4 Å². The number of ether oxygens (including phenoxy) is 2. The number of carbonyl (C=O) groups is 3. The molecule has 0 saturated heterocycles. The van der Waals surface area contributed by atoms with Gasteiger partial charge in [-0.1, -0.05) is 99.0 Å². The van der Waals surface area contributed by atoms with Gasteiger partial charge in [0.1, 0.15) is 12.5 Å². The van der Waals surface area contributed by atoms with Crippen LogP contribution >= 0.6 is 0 Å². The first-order chi connectivity index (χ1) is 30.9. The van der Waals surface area contributed by atoms with Crippen LogP contribution in [0.15, 0.2) is 29.8 Å². The maximum atomic E-state index is 14.4. The number of allylic oxidation sites excluding steroid dienone is 1. The maximum Gasteiger partial charge on any atom is 0.321 e. The Balaban J connectivity index is 1.24. The van der Waals surface area contributed by atoms with Crippen molar-refractivity contribution in [3.8, 4) is 0 Å². The molecule has 0 aromatic carbocycles. The van der Waals surface area contributed by atoms with Crippen molar-refractivity contribution in [1.82, 2.24) is 19.9 Å². The molecular formula is C55H78N4O6. The first-order valence-electron chi connectivity index (χ1n) is 24.8. The van der Waals surface area contributed by atoms with Crippen LogP contribution in [0.2, 0.25) is 0 Å². The zero-order valence-electron chi connectivity index (χ0n) is 41.6. The predicted molar refractivity (Wildman–Crippen MR) is 261 cm³/mol. The number of ketones is 1. The van der Waals surface area contributed by atoms with Gasteiger partial charge < -0.3 is 24.5 Å². The Kier molecular flexibility index (Phi) is 16.7. The quantitative estimate of drug-likeness (QED) is 0.0577. The number of rotatable bonds is 20. The number of hydrogen-bond acceptors (Lipinski definition) is 8. The normalized spacial score (nSPS) is 20.9. The smallest absolute Gasteiger partial charge is 0.321 e. The van der Waals surface area contributed by atoms with Crippen LogP contribution in [0, 0.1) is 31.6 Å². The second-order valence-corrected chi connectivity index (χ2v) is 20.5. The molecule has 5 heterocycles. The molecule has 1 aliphatic carbocycles. The molecule has 3 aromatic heterocycles. The second kappa shape index (κ2) is 21.8. The number of carbonyl (C=O) groups excluding carboxylic acids is 3. The molecular weight excluding hydrogens is 813 g/mol. The van der Waals surface area contributed by atoms with Crippen LogP contribution in [0.3, 0.4) is 0 Å². The van der Waals surface area contributed by atoms with Gasteiger partial charge in [0.15, 0.2) is 5.78 Å². The van der Waals surface area contributed by atoms with E-state index in [1.54, 1.807) is 6.92 Å². The highest BCUT2D eigenvalue weighted by molar-refractivity contribution is 6.23. The number of nitrogens with one attached hydrogen (secondary N) is 2. The molecule has 0 radical (unpaired) electrons. The van der Waals surface area contributed by atoms with Gasteiger partial charge in [0.2, 0.25) is 0 Å². The van der Waals surface area contributed by atoms with Crippen molar-refractivity contribution in [2.24, 2.45) is 17.8 Å². The molecule has 8 bridgehead atoms. The van der Waals surface area contributed by atoms with Gasteiger partial charge >= 0.3 is 11.9 Å². The fourth-order valence-corrected chi connectivity index (χ4v) is 10.9. The Bertz CT molecular complexity index is 2400. The molecule has 354 valence electrons. The Labute approximate surface area is 388 Å². The first-order valence-corrected chi connectivity index (χ1v) is 24.8. The summed E-state index contributed by atoms with van der Waals surface area (Å²) in [4.78, 5) is 59.1. The Hall–Kier alpha value is -4.57. The first kappa shape index (κ1) is 49.9. The maximum absolute atomic E-state index is 14.4. The third-order valence-electron chi connectivity index (χ3n) is 15.0. The number of aliphatic hydroxyl groups excluding tert-OH is 1. The lowest BCUT2D eigenvalue weighted by Crippen LogP contribution is -2.21. The molecule has 0 saturated carbocycles. The Morgan fingerprint density at radius 1 is 0.800 bits per heavy atom. The van der Waals surface area contributed by atoms with Crippen LogP contribution in [0.1, 0.15) is 230 Å². The largest absolute Gasteiger partial charge is 0.468 e. The summed E-state index contributed by atoms with van der Waals surface area (Å²) in [5, 5.41) is 11.1. The van der Waals surface area contributed by atoms with Gasteiger partial charge in [0, 0.05) is 80.4 Å². The Morgan fingerprint density at radius 3 is 2.05 bits per heavy atom. The SMILES string of the molecule is CC[C@H]1c2cc3[nH]c4c(c3C)C(=O)[C@H](C(=O)OC)c4c3nc(cc4[nH]c(cc(n2)[C@@H]1C)c(C(C)O)c4C)[C@@H](C)[C@@H]3CCC(=O)OC/C=C(\C)CCC[C@H](C)CCC[C@H](C)CCCC(C)C. The van der Waals surface area contributed by atoms with Crippen molar-refractivity contribution in [3.05, 3.63) is 80.4 Å². The summed E-state index contributed by atoms with van der Waals surface area (Å²) >= 11 is 0. The number of hydrogen-bond donors (Lipinski definition) is 3. The molecule has 3 aliphatic rings. The van der Waals surface area contributed by atoms with Gasteiger partial charge in [-0.25, -0.2) is 0 Å². The number of aromatic amines is 2. The molecule has 10 nitrogen and oxygen atoms in total. The number of aliphatic hydroxyl groups is 1. The lowest BCUT2D eigenvalue weighted by Gasteiger charge is -2.18. The molecule has 6 rings (SSSR count). The summed E-state index contributed by atoms with van der Waals surface area (Å²) in [6.07, 6.45) is 14.0. The molecule has 0 fully saturated rings. The van der Waals surface area contributed by atoms with E-state index in [0.29, 0.717) is 34.7 Å². The molecule has 8 atom stereocenters. The second-order valence-electron chi connectivity index (χ2n) is 20.5. The average molecular weight is 891 g/mol. The summed E-state index contributed by atoms with van der Waals surface area (Å²) in [7, 11) is 1.30. The summed E-state index contributed by atoms with van der Waals surface area (Å²) in [5.41, 5.74) is 10.8. The van der Waals surface area contributed by atoms with Crippen LogP contribution in [-0.2, 0) is 19.1 Å². The zero-order chi connectivity index (χ0) is 47.3. The number of nitrogens with zero attached hydrogens (tertiary/aromatic N) is 2. The van der Waals surface area contributed by atoms with Gasteiger partial charge in [0.25, 0.3) is 0 Å². The fraction of sp³-hybridized carbons (Fsp3) is 0.618. The molecule has 1 unspecified atom stereocenters. The van der Waals surface area contributed by atoms with E-state index in [4.69, 9.17) is 19.4 Å². The lowest BCUT2D eigenvalue weighted by atomic mass is 9.84. The van der Waals surface area contributed by atoms with E-state index in [1.165, 1.54) is 57.6 Å². The monoisotopic (exact) mass is 891 g/mol. The number of aryl methyl sites for hydroxylation is 2. The van der Waals surface area contributed by atoms with Gasteiger partial charge in [-0.15, -0.1) is 0 Å². The van der Waals surface area contributed by atoms with E-state index in [-0.39, 0.29) is 48.5 Å². The van der Waals surface area contributed by atoms with Crippen LogP contribution in [0.4, 0.5) is 0 Å². The molecule has 65 heavy (non-hydrogen) atoms. The topological polar surface area (TPSA) is 147 Å². The Morgan fingerprint density at radius 2 is 1.40 bits per heavy atom. The number of Topliss-reactive ketones (excluding diaryl/α,β-unsaturated/α-hetero) is 1. The van der Waals surface area contributed by atoms with Crippen molar-refractivity contribution >= 4 is 39.8 Å². The minimum atomic E-state index is -1.20. The van der Waals surface area contributed by atoms with Crippen molar-refractivity contribution < 1.29 is 29.0 Å². The fourth-order valence-electron chi connectivity index (χ4n) is 10.9. The highest BCUT2D eigenvalue weighted by atomic mass is 16.5. The van der Waals surface area contributed by atoms with Crippen LogP contribution in [0.25, 0.3) is 22.1 Å². The van der Waals surface area contributed by atoms with Gasteiger partial charge in [-0.2, -0.15) is 0 Å². The standard InChI is InChI=1S/C55H78N4O6/c1-13-39-34(7)41-29-46-48(38(11)60)36(9)43(57-46)27-42-35(8)40(52(58-42)50-51(55(63)64-12)54(62)49-37(10)44(59-53(49)50)28-45(39)56-41)23-24-47(61)65-26-25-33(6)22-16-21-32(5)20-15-19-31(4)18-14-17-30(2)3/h25,27-32,34-35,38-40,51,57,59-60H,13-24,26H2,1-12H3/b33-25+,41-29?,42-27?,43-27?,44-28?,45-28?,46-29?,52-50?/t31-,32-,34-,35+,38?,39-,40+,51-/m1/s1. The van der Waals surface area contributed by atoms with Gasteiger partial charge in [0.05, 0.1) is 24.4 Å². The molecule has 0 spiro atoms. The number of fused-ring (bicyclic) bond motifs is 8. The minimum absolute atomic E-state index is 0.120. The number of esters is 2. The van der Waals surface area contributed by atoms with Crippen LogP contribution in [-0.4, -0.2) is 56.5 Å². The number of H-pyrrole nitrogens is 2. The lowest BCUT2D eigenvalue weighted by molar-refractivity contribution is -0.143. The summed E-state index contributed by atoms with van der Waals surface area (Å²) in [6.45, 7) is 23.8. The van der Waals surface area contributed by atoms with E-state index < -0.39 is 18.0 Å². The number of methoxy groups -OCH3 is 1. The van der Waals surface area contributed by atoms with Crippen molar-refractivity contribution in [1.29, 1.82) is 0 Å². The van der Waals surface area contributed by atoms with Crippen molar-refractivity contribution in [3.63, 3.8) is 0 Å². The summed E-state index contributed by atoms with van der Waals surface area (Å²) in [6, 6.07) is 6.11. The molecule has 2 aliphatic heterocycles. The molecule has 10 heteroatoms. The van der Waals surface area contributed by atoms with Crippen molar-refractivity contribution in [2.45, 2.75) is 189 Å². The highest BCUT2D eigenvalue weighted by Crippen LogP contribution is 2.48. The zero-order valence-corrected chi connectivity index (χ0v) is 41.6. The highest BCUT2D eigenvalue weighted by Gasteiger charge is 2.45. The van der Waals surface area contributed by atoms with E-state index in [9.17, 15) is 19.5 Å². The van der Waals surface area contributed by atoms with E-state index in [1.807, 2.05) is 32.1 Å². The molecule has 3 N–H and O–H groups in total. The van der Waals surface area contributed by atoms with E-state index >= 15 is 0 Å². The summed E-state index contributed by atoms with van der Waals surface area (Å²) < 4.78 is 11.1. The van der Waals surface area contributed by atoms with E-state index in [0.717, 1.165) is 81.4 Å². The van der Waals surface area contributed by atoms with Crippen molar-refractivity contribution in [2.75, 3.05) is 13.7 Å². The van der Waals surface area contributed by atoms with Gasteiger partial charge in [-0.05, 0) is 107 Å². The summed E-state index contributed by atoms with van der Waals surface area (Å²) in [5.74, 6) is -0.379. The van der Waals surface area contributed by atoms with Crippen LogP contribution < -0.4 is 0 Å². The minimum Gasteiger partial charge on any atom is -0.468 e. The predicted octanol–water partition coefficient (Wildman–Crippen LogP) is 13.3. The number of aromatic nitrogens is 4. The van der Waals surface area contributed by atoms with E-state index in [2.05, 4.69) is 71.4 Å². The third-order valence-corrected chi connectivity index (χ3v) is 15.0. The third kappa shape index (κ3) is 11.2. The molecule has 3 aromatic rings. The average Bonchev–Trinajstić information content (AvgIpc) is 4.00. The van der Waals surface area contributed by atoms with Crippen LogP contribution in [0.5, 0.6) is 0 Å².